The summed E-state index contributed by atoms with van der Waals surface area (Å²) in [6.45, 7) is 2.15. The number of carbonyl (C=O) groups is 1. The van der Waals surface area contributed by atoms with E-state index in [0.29, 0.717) is 24.2 Å². The summed E-state index contributed by atoms with van der Waals surface area (Å²) in [6, 6.07) is 9.78. The molecule has 0 aromatic heterocycles. The van der Waals surface area contributed by atoms with Crippen molar-refractivity contribution in [2.45, 2.75) is 25.8 Å². The van der Waals surface area contributed by atoms with Crippen LogP contribution >= 0.6 is 0 Å². The Labute approximate surface area is 126 Å². The quantitative estimate of drug-likeness (QED) is 0.815. The van der Waals surface area contributed by atoms with E-state index in [9.17, 15) is 9.90 Å². The van der Waals surface area contributed by atoms with Gasteiger partial charge in [-0.2, -0.15) is 0 Å². The zero-order valence-electron chi connectivity index (χ0n) is 12.4. The Balaban J connectivity index is 1.62. The summed E-state index contributed by atoms with van der Waals surface area (Å²) < 4.78 is 0. The number of benzene rings is 1. The maximum atomic E-state index is 12.5. The second kappa shape index (κ2) is 6.02. The zero-order valence-corrected chi connectivity index (χ0v) is 12.4. The van der Waals surface area contributed by atoms with Crippen LogP contribution in [0, 0.1) is 23.7 Å². The lowest BCUT2D eigenvalue weighted by Crippen LogP contribution is -2.44. The molecule has 1 saturated carbocycles. The second-order valence-corrected chi connectivity index (χ2v) is 6.41. The highest BCUT2D eigenvalue weighted by Gasteiger charge is 2.45. The van der Waals surface area contributed by atoms with Crippen LogP contribution in [0.1, 0.15) is 18.9 Å². The molecule has 1 fully saturated rings. The van der Waals surface area contributed by atoms with Gasteiger partial charge < -0.3 is 10.4 Å². The van der Waals surface area contributed by atoms with Gasteiger partial charge in [-0.1, -0.05) is 49.4 Å². The van der Waals surface area contributed by atoms with Gasteiger partial charge >= 0.3 is 0 Å². The number of aliphatic hydroxyl groups is 1. The Morgan fingerprint density at radius 3 is 2.62 bits per heavy atom. The Hall–Kier alpha value is -1.61. The molecule has 112 valence electrons. The van der Waals surface area contributed by atoms with Gasteiger partial charge in [0.25, 0.3) is 0 Å². The SMILES string of the molecule is C[C@H]1[C@H](C(=O)N[C@H](CO)Cc2ccccc2)[C@@H]2C=C[C@H]1C2. The van der Waals surface area contributed by atoms with Crippen LogP contribution in [0.2, 0.25) is 0 Å². The van der Waals surface area contributed by atoms with E-state index in [1.807, 2.05) is 30.3 Å². The number of nitrogens with one attached hydrogen (secondary N) is 1. The van der Waals surface area contributed by atoms with Crippen LogP contribution in [-0.2, 0) is 11.2 Å². The van der Waals surface area contributed by atoms with E-state index >= 15 is 0 Å². The average Bonchev–Trinajstić information content (AvgIpc) is 3.08. The van der Waals surface area contributed by atoms with Crippen LogP contribution in [0.3, 0.4) is 0 Å². The van der Waals surface area contributed by atoms with Gasteiger partial charge in [0.05, 0.1) is 12.6 Å². The van der Waals surface area contributed by atoms with E-state index in [4.69, 9.17) is 0 Å². The third-order valence-electron chi connectivity index (χ3n) is 5.05. The summed E-state index contributed by atoms with van der Waals surface area (Å²) in [7, 11) is 0. The average molecular weight is 285 g/mol. The smallest absolute Gasteiger partial charge is 0.224 e. The van der Waals surface area contributed by atoms with Crippen molar-refractivity contribution in [3.63, 3.8) is 0 Å². The molecule has 21 heavy (non-hydrogen) atoms. The molecule has 2 aliphatic rings. The number of aliphatic hydroxyl groups excluding tert-OH is 1. The van der Waals surface area contributed by atoms with Gasteiger partial charge in [-0.15, -0.1) is 0 Å². The molecule has 2 N–H and O–H groups in total. The van der Waals surface area contributed by atoms with Crippen LogP contribution < -0.4 is 5.32 Å². The van der Waals surface area contributed by atoms with Crippen molar-refractivity contribution in [2.24, 2.45) is 23.7 Å². The maximum absolute atomic E-state index is 12.5. The lowest BCUT2D eigenvalue weighted by Gasteiger charge is -2.26. The molecule has 0 aliphatic heterocycles. The second-order valence-electron chi connectivity index (χ2n) is 6.41. The van der Waals surface area contributed by atoms with Crippen molar-refractivity contribution < 1.29 is 9.90 Å². The normalized spacial score (nSPS) is 31.3. The molecule has 0 heterocycles. The molecule has 3 rings (SSSR count). The van der Waals surface area contributed by atoms with Gasteiger partial charge in [0.15, 0.2) is 0 Å². The number of hydrogen-bond acceptors (Lipinski definition) is 2. The minimum atomic E-state index is -0.199. The molecule has 3 nitrogen and oxygen atoms in total. The predicted octanol–water partition coefficient (Wildman–Crippen LogP) is 2.16. The van der Waals surface area contributed by atoms with Gasteiger partial charge in [-0.3, -0.25) is 4.79 Å². The summed E-state index contributed by atoms with van der Waals surface area (Å²) in [6.07, 6.45) is 6.24. The first kappa shape index (κ1) is 14.3. The first-order chi connectivity index (χ1) is 10.2. The highest BCUT2D eigenvalue weighted by Crippen LogP contribution is 2.47. The molecule has 0 unspecified atom stereocenters. The maximum Gasteiger partial charge on any atom is 0.224 e. The Morgan fingerprint density at radius 2 is 2.00 bits per heavy atom. The molecule has 3 heteroatoms. The molecule has 0 saturated heterocycles. The Morgan fingerprint density at radius 1 is 1.29 bits per heavy atom. The third kappa shape index (κ3) is 2.88. The molecule has 0 spiro atoms. The number of rotatable bonds is 5. The van der Waals surface area contributed by atoms with Crippen molar-refractivity contribution in [3.8, 4) is 0 Å². The predicted molar refractivity (Wildman–Crippen MR) is 82.6 cm³/mol. The van der Waals surface area contributed by atoms with Crippen molar-refractivity contribution in [1.29, 1.82) is 0 Å². The Bertz CT molecular complexity index is 525. The van der Waals surface area contributed by atoms with E-state index in [1.54, 1.807) is 0 Å². The van der Waals surface area contributed by atoms with E-state index < -0.39 is 0 Å². The van der Waals surface area contributed by atoms with Crippen molar-refractivity contribution in [1.82, 2.24) is 5.32 Å². The molecule has 1 aromatic carbocycles. The van der Waals surface area contributed by atoms with Gasteiger partial charge in [0, 0.05) is 5.92 Å². The van der Waals surface area contributed by atoms with Crippen LogP contribution in [-0.4, -0.2) is 23.7 Å². The van der Waals surface area contributed by atoms with Gasteiger partial charge in [0.1, 0.15) is 0 Å². The largest absolute Gasteiger partial charge is 0.394 e. The molecule has 2 bridgehead atoms. The fourth-order valence-corrected chi connectivity index (χ4v) is 3.86. The van der Waals surface area contributed by atoms with Gasteiger partial charge in [0.2, 0.25) is 5.91 Å². The topological polar surface area (TPSA) is 49.3 Å². The summed E-state index contributed by atoms with van der Waals surface area (Å²) in [5, 5.41) is 12.6. The summed E-state index contributed by atoms with van der Waals surface area (Å²) in [5.74, 6) is 1.55. The molecule has 1 amide bonds. The monoisotopic (exact) mass is 285 g/mol. The summed E-state index contributed by atoms with van der Waals surface area (Å²) >= 11 is 0. The lowest BCUT2D eigenvalue weighted by atomic mass is 9.83. The minimum Gasteiger partial charge on any atom is -0.394 e. The zero-order chi connectivity index (χ0) is 14.8. The van der Waals surface area contributed by atoms with Crippen LogP contribution in [0.25, 0.3) is 0 Å². The fraction of sp³-hybridized carbons (Fsp3) is 0.500. The fourth-order valence-electron chi connectivity index (χ4n) is 3.86. The van der Waals surface area contributed by atoms with Crippen molar-refractivity contribution in [2.75, 3.05) is 6.61 Å². The van der Waals surface area contributed by atoms with Crippen LogP contribution in [0.4, 0.5) is 0 Å². The van der Waals surface area contributed by atoms with Crippen LogP contribution in [0.5, 0.6) is 0 Å². The van der Waals surface area contributed by atoms with Gasteiger partial charge in [-0.05, 0) is 36.2 Å². The third-order valence-corrected chi connectivity index (χ3v) is 5.05. The van der Waals surface area contributed by atoms with E-state index in [0.717, 1.165) is 12.0 Å². The number of hydrogen-bond donors (Lipinski definition) is 2. The number of carbonyl (C=O) groups excluding carboxylic acids is 1. The summed E-state index contributed by atoms with van der Waals surface area (Å²) in [5.41, 5.74) is 1.14. The number of amides is 1. The minimum absolute atomic E-state index is 0.0222. The molecular formula is C18H23NO2. The van der Waals surface area contributed by atoms with Gasteiger partial charge in [-0.25, -0.2) is 0 Å². The lowest BCUT2D eigenvalue weighted by molar-refractivity contribution is -0.128. The standard InChI is InChI=1S/C18H23NO2/c1-12-14-7-8-15(10-14)17(12)18(21)19-16(11-20)9-13-5-3-2-4-6-13/h2-8,12,14-17,20H,9-11H2,1H3,(H,19,21)/t12-,14+,15-,16+,17+/m1/s1. The molecule has 0 radical (unpaired) electrons. The Kier molecular flexibility index (Phi) is 4.11. The number of fused-ring (bicyclic) bond motifs is 2. The molecule has 1 aromatic rings. The van der Waals surface area contributed by atoms with Crippen LogP contribution in [0.15, 0.2) is 42.5 Å². The molecule has 5 atom stereocenters. The summed E-state index contributed by atoms with van der Waals surface area (Å²) in [4.78, 5) is 12.5. The van der Waals surface area contributed by atoms with E-state index in [-0.39, 0.29) is 24.5 Å². The van der Waals surface area contributed by atoms with E-state index in [2.05, 4.69) is 24.4 Å². The number of allylic oxidation sites excluding steroid dienone is 2. The first-order valence-electron chi connectivity index (χ1n) is 7.82. The molecule has 2 aliphatic carbocycles. The van der Waals surface area contributed by atoms with Crippen molar-refractivity contribution in [3.05, 3.63) is 48.0 Å². The first-order valence-corrected chi connectivity index (χ1v) is 7.82. The highest BCUT2D eigenvalue weighted by molar-refractivity contribution is 5.80. The van der Waals surface area contributed by atoms with Crippen molar-refractivity contribution >= 4 is 5.91 Å². The van der Waals surface area contributed by atoms with E-state index in [1.165, 1.54) is 0 Å². The highest BCUT2D eigenvalue weighted by atomic mass is 16.3. The molecular weight excluding hydrogens is 262 g/mol.